The molecule has 0 radical (unpaired) electrons. The molecule has 1 atom stereocenters. The molecule has 0 amide bonds. The van der Waals surface area contributed by atoms with Crippen molar-refractivity contribution < 1.29 is 4.48 Å². The molecule has 20 heavy (non-hydrogen) atoms. The van der Waals surface area contributed by atoms with Gasteiger partial charge in [-0.15, -0.1) is 9.60 Å². The van der Waals surface area contributed by atoms with Crippen molar-refractivity contribution in [2.24, 2.45) is 11.3 Å². The number of piperidine rings is 1. The van der Waals surface area contributed by atoms with Gasteiger partial charge in [-0.1, -0.05) is 13.3 Å². The Morgan fingerprint density at radius 2 is 1.80 bits per heavy atom. The van der Waals surface area contributed by atoms with Crippen molar-refractivity contribution in [3.8, 4) is 0 Å². The van der Waals surface area contributed by atoms with Crippen LogP contribution in [0.25, 0.3) is 0 Å². The highest BCUT2D eigenvalue weighted by molar-refractivity contribution is 4.91. The van der Waals surface area contributed by atoms with Gasteiger partial charge in [-0.2, -0.15) is 0 Å². The molecule has 2 aliphatic rings. The molecule has 1 aliphatic carbocycles. The minimum absolute atomic E-state index is 0.525. The van der Waals surface area contributed by atoms with Gasteiger partial charge in [0.1, 0.15) is 0 Å². The molecular weight excluding hydrogens is 251 g/mol. The summed E-state index contributed by atoms with van der Waals surface area (Å²) < 4.78 is 12.8. The fraction of sp³-hybridized carbons (Fsp3) is 1.00. The molecule has 1 saturated carbocycles. The van der Waals surface area contributed by atoms with Crippen LogP contribution in [0, 0.1) is 11.3 Å². The van der Waals surface area contributed by atoms with Crippen LogP contribution in [0.2, 0.25) is 0 Å². The Balaban J connectivity index is 1.75. The van der Waals surface area contributed by atoms with Crippen LogP contribution in [0.4, 0.5) is 4.48 Å². The summed E-state index contributed by atoms with van der Waals surface area (Å²) in [5.41, 5.74) is 0.665. The molecule has 1 saturated heterocycles. The Hall–Kier alpha value is -0.150. The van der Waals surface area contributed by atoms with Gasteiger partial charge in [0.15, 0.2) is 0 Å². The third kappa shape index (κ3) is 4.17. The molecule has 0 N–H and O–H groups in total. The number of hydrogen-bond acceptors (Lipinski definition) is 2. The van der Waals surface area contributed by atoms with Crippen molar-refractivity contribution in [3.63, 3.8) is 0 Å². The molecule has 2 rings (SSSR count). The van der Waals surface area contributed by atoms with E-state index in [0.717, 1.165) is 17.5 Å². The lowest BCUT2D eigenvalue weighted by atomic mass is 9.65. The number of hydrogen-bond donors (Lipinski definition) is 0. The standard InChI is InChI=1S/C17H33FN2/c1-4-16-5-8-17(9-6-16)10-13-20(14-11-17)15(2)7-12-19(3)18/h15-16H,4-14H2,1-3H3. The van der Waals surface area contributed by atoms with E-state index in [2.05, 4.69) is 18.7 Å². The number of rotatable bonds is 5. The number of halogens is 1. The van der Waals surface area contributed by atoms with Crippen molar-refractivity contribution >= 4 is 0 Å². The quantitative estimate of drug-likeness (QED) is 0.696. The van der Waals surface area contributed by atoms with E-state index in [1.165, 1.54) is 65.1 Å². The van der Waals surface area contributed by atoms with Crippen LogP contribution in [-0.2, 0) is 0 Å². The summed E-state index contributed by atoms with van der Waals surface area (Å²) >= 11 is 0. The first kappa shape index (κ1) is 16.2. The second-order valence-electron chi connectivity index (χ2n) is 7.35. The second kappa shape index (κ2) is 7.22. The van der Waals surface area contributed by atoms with Crippen LogP contribution in [0.5, 0.6) is 0 Å². The van der Waals surface area contributed by atoms with E-state index in [1.807, 2.05) is 0 Å². The molecule has 1 heterocycles. The second-order valence-corrected chi connectivity index (χ2v) is 7.35. The zero-order valence-electron chi connectivity index (χ0n) is 13.7. The largest absolute Gasteiger partial charge is 0.301 e. The van der Waals surface area contributed by atoms with Crippen molar-refractivity contribution in [2.75, 3.05) is 26.7 Å². The minimum atomic E-state index is 0.525. The van der Waals surface area contributed by atoms with Gasteiger partial charge in [0, 0.05) is 19.6 Å². The topological polar surface area (TPSA) is 6.48 Å². The van der Waals surface area contributed by atoms with E-state index in [-0.39, 0.29) is 0 Å². The molecule has 0 bridgehead atoms. The Kier molecular flexibility index (Phi) is 5.85. The predicted octanol–water partition coefficient (Wildman–Crippen LogP) is 4.26. The summed E-state index contributed by atoms with van der Waals surface area (Å²) in [4.78, 5) is 2.58. The Morgan fingerprint density at radius 1 is 1.20 bits per heavy atom. The summed E-state index contributed by atoms with van der Waals surface area (Å²) in [5.74, 6) is 0.998. The molecule has 3 heteroatoms. The maximum Gasteiger partial charge on any atom is 0.0302 e. The summed E-state index contributed by atoms with van der Waals surface area (Å²) in [6.45, 7) is 7.62. The van der Waals surface area contributed by atoms with Gasteiger partial charge in [-0.05, 0) is 76.3 Å². The molecular formula is C17H33FN2. The third-order valence-electron chi connectivity index (χ3n) is 6.08. The highest BCUT2D eigenvalue weighted by atomic mass is 19.2. The normalized spacial score (nSPS) is 26.2. The van der Waals surface area contributed by atoms with Crippen LogP contribution in [-0.4, -0.2) is 42.7 Å². The van der Waals surface area contributed by atoms with Crippen LogP contribution in [0.3, 0.4) is 0 Å². The van der Waals surface area contributed by atoms with Gasteiger partial charge in [0.25, 0.3) is 0 Å². The highest BCUT2D eigenvalue weighted by Gasteiger charge is 2.38. The van der Waals surface area contributed by atoms with E-state index in [4.69, 9.17) is 0 Å². The summed E-state index contributed by atoms with van der Waals surface area (Å²) in [5, 5.41) is 0.813. The van der Waals surface area contributed by atoms with E-state index >= 15 is 0 Å². The summed E-state index contributed by atoms with van der Waals surface area (Å²) in [7, 11) is 1.52. The maximum absolute atomic E-state index is 12.8. The molecule has 0 aromatic rings. The SMILES string of the molecule is CCC1CCC2(CC1)CCN(C(C)CCN(C)F)CC2. The molecule has 118 valence electrons. The lowest BCUT2D eigenvalue weighted by Crippen LogP contribution is -2.46. The first-order valence-electron chi connectivity index (χ1n) is 8.65. The zero-order chi connectivity index (χ0) is 14.6. The third-order valence-corrected chi connectivity index (χ3v) is 6.08. The average Bonchev–Trinajstić information content (AvgIpc) is 2.46. The van der Waals surface area contributed by atoms with Crippen LogP contribution in [0.15, 0.2) is 0 Å². The van der Waals surface area contributed by atoms with Crippen molar-refractivity contribution in [3.05, 3.63) is 0 Å². The van der Waals surface area contributed by atoms with Crippen LogP contribution < -0.4 is 0 Å². The number of nitrogens with zero attached hydrogens (tertiary/aromatic N) is 2. The fourth-order valence-electron chi connectivity index (χ4n) is 4.18. The van der Waals surface area contributed by atoms with E-state index in [9.17, 15) is 4.48 Å². The van der Waals surface area contributed by atoms with Crippen molar-refractivity contribution in [1.29, 1.82) is 0 Å². The molecule has 0 aromatic carbocycles. The van der Waals surface area contributed by atoms with Crippen LogP contribution in [0.1, 0.15) is 65.2 Å². The van der Waals surface area contributed by atoms with Gasteiger partial charge in [0.2, 0.25) is 0 Å². The highest BCUT2D eigenvalue weighted by Crippen LogP contribution is 2.47. The van der Waals surface area contributed by atoms with Gasteiger partial charge in [-0.25, -0.2) is 0 Å². The minimum Gasteiger partial charge on any atom is -0.301 e. The van der Waals surface area contributed by atoms with Gasteiger partial charge >= 0.3 is 0 Å². The first-order valence-corrected chi connectivity index (χ1v) is 8.65. The Morgan fingerprint density at radius 3 is 2.30 bits per heavy atom. The predicted molar refractivity (Wildman–Crippen MR) is 83.3 cm³/mol. The fourth-order valence-corrected chi connectivity index (χ4v) is 4.18. The molecule has 0 aromatic heterocycles. The molecule has 1 unspecified atom stereocenters. The Bertz CT molecular complexity index is 275. The van der Waals surface area contributed by atoms with Gasteiger partial charge in [-0.3, -0.25) is 0 Å². The average molecular weight is 284 g/mol. The summed E-state index contributed by atoms with van der Waals surface area (Å²) in [6, 6.07) is 0.525. The maximum atomic E-state index is 12.8. The summed E-state index contributed by atoms with van der Waals surface area (Å²) in [6.07, 6.45) is 10.9. The molecule has 1 aliphatic heterocycles. The van der Waals surface area contributed by atoms with Gasteiger partial charge in [0.05, 0.1) is 0 Å². The zero-order valence-corrected chi connectivity index (χ0v) is 13.7. The van der Waals surface area contributed by atoms with E-state index in [0.29, 0.717) is 18.0 Å². The lowest BCUT2D eigenvalue weighted by Gasteiger charge is -2.47. The van der Waals surface area contributed by atoms with Crippen molar-refractivity contribution in [1.82, 2.24) is 10.0 Å². The van der Waals surface area contributed by atoms with E-state index in [1.54, 1.807) is 0 Å². The van der Waals surface area contributed by atoms with Crippen molar-refractivity contribution in [2.45, 2.75) is 71.3 Å². The lowest BCUT2D eigenvalue weighted by molar-refractivity contribution is 0.0181. The molecule has 2 nitrogen and oxygen atoms in total. The van der Waals surface area contributed by atoms with E-state index < -0.39 is 0 Å². The molecule has 1 spiro atoms. The first-order chi connectivity index (χ1) is 9.54. The monoisotopic (exact) mass is 284 g/mol. The van der Waals surface area contributed by atoms with Gasteiger partial charge < -0.3 is 4.90 Å². The number of likely N-dealkylation sites (tertiary alicyclic amines) is 1. The van der Waals surface area contributed by atoms with Crippen LogP contribution >= 0.6 is 0 Å². The smallest absolute Gasteiger partial charge is 0.0302 e. The molecule has 2 fully saturated rings. The Labute approximate surface area is 124 Å².